The number of ether oxygens (including phenoxy) is 1. The summed E-state index contributed by atoms with van der Waals surface area (Å²) in [5, 5.41) is 3.87. The minimum Gasteiger partial charge on any atom is -0.497 e. The molecule has 7 heteroatoms. The van der Waals surface area contributed by atoms with Gasteiger partial charge in [0.05, 0.1) is 13.5 Å². The van der Waals surface area contributed by atoms with Gasteiger partial charge in [-0.1, -0.05) is 78.7 Å². The molecule has 0 spiro atoms. The van der Waals surface area contributed by atoms with E-state index in [9.17, 15) is 9.59 Å². The van der Waals surface area contributed by atoms with Gasteiger partial charge in [-0.2, -0.15) is 0 Å². The van der Waals surface area contributed by atoms with E-state index in [-0.39, 0.29) is 24.8 Å². The monoisotopic (exact) mass is 512 g/mol. The maximum Gasteiger partial charge on any atom is 0.243 e. The lowest BCUT2D eigenvalue weighted by atomic mass is 10.0. The maximum absolute atomic E-state index is 13.7. The average Bonchev–Trinajstić information content (AvgIpc) is 2.87. The van der Waals surface area contributed by atoms with Gasteiger partial charge in [-0.25, -0.2) is 0 Å². The number of methoxy groups -OCH3 is 1. The summed E-state index contributed by atoms with van der Waals surface area (Å²) in [6.07, 6.45) is 1.28. The van der Waals surface area contributed by atoms with Gasteiger partial charge in [0.25, 0.3) is 0 Å². The molecule has 0 saturated heterocycles. The SMILES string of the molecule is CCCNC(=O)[C@H](Cc1ccccc1)N(Cc1c(Cl)cccc1Cl)C(=O)Cc1ccc(OC)cc1. The predicted octanol–water partition coefficient (Wildman–Crippen LogP) is 5.71. The molecule has 3 aromatic carbocycles. The third kappa shape index (κ3) is 7.48. The molecule has 184 valence electrons. The molecule has 0 aliphatic rings. The Morgan fingerprint density at radius 3 is 2.17 bits per heavy atom. The third-order valence-electron chi connectivity index (χ3n) is 5.72. The largest absolute Gasteiger partial charge is 0.497 e. The summed E-state index contributed by atoms with van der Waals surface area (Å²) in [5.41, 5.74) is 2.38. The van der Waals surface area contributed by atoms with Crippen molar-refractivity contribution in [3.63, 3.8) is 0 Å². The van der Waals surface area contributed by atoms with E-state index in [0.29, 0.717) is 34.3 Å². The Bertz CT molecular complexity index is 1100. The van der Waals surface area contributed by atoms with Crippen molar-refractivity contribution in [1.29, 1.82) is 0 Å². The molecular weight excluding hydrogens is 483 g/mol. The van der Waals surface area contributed by atoms with Gasteiger partial charge in [0.2, 0.25) is 11.8 Å². The van der Waals surface area contributed by atoms with Crippen LogP contribution in [-0.2, 0) is 29.0 Å². The normalized spacial score (nSPS) is 11.5. The molecule has 0 aliphatic carbocycles. The molecule has 0 bridgehead atoms. The topological polar surface area (TPSA) is 58.6 Å². The second-order valence-electron chi connectivity index (χ2n) is 8.24. The summed E-state index contributed by atoms with van der Waals surface area (Å²) in [7, 11) is 1.60. The Morgan fingerprint density at radius 1 is 0.914 bits per heavy atom. The van der Waals surface area contributed by atoms with Crippen LogP contribution in [0.15, 0.2) is 72.8 Å². The Morgan fingerprint density at radius 2 is 1.57 bits per heavy atom. The summed E-state index contributed by atoms with van der Waals surface area (Å²) >= 11 is 12.9. The van der Waals surface area contributed by atoms with E-state index < -0.39 is 6.04 Å². The number of nitrogens with zero attached hydrogens (tertiary/aromatic N) is 1. The molecule has 3 aromatic rings. The number of hydrogen-bond donors (Lipinski definition) is 1. The van der Waals surface area contributed by atoms with Gasteiger partial charge >= 0.3 is 0 Å². The molecule has 1 N–H and O–H groups in total. The average molecular weight is 513 g/mol. The Hall–Kier alpha value is -3.02. The van der Waals surface area contributed by atoms with Crippen molar-refractivity contribution in [2.75, 3.05) is 13.7 Å². The lowest BCUT2D eigenvalue weighted by molar-refractivity contribution is -0.140. The van der Waals surface area contributed by atoms with Crippen molar-refractivity contribution >= 4 is 35.0 Å². The van der Waals surface area contributed by atoms with Crippen molar-refractivity contribution in [2.24, 2.45) is 0 Å². The molecule has 0 fully saturated rings. The van der Waals surface area contributed by atoms with Crippen LogP contribution < -0.4 is 10.1 Å². The van der Waals surface area contributed by atoms with Crippen molar-refractivity contribution in [3.05, 3.63) is 99.5 Å². The van der Waals surface area contributed by atoms with E-state index in [1.54, 1.807) is 30.2 Å². The number of carbonyl (C=O) groups is 2. The Balaban J connectivity index is 1.98. The maximum atomic E-state index is 13.7. The predicted molar refractivity (Wildman–Crippen MR) is 141 cm³/mol. The zero-order valence-electron chi connectivity index (χ0n) is 20.0. The molecule has 0 radical (unpaired) electrons. The minimum atomic E-state index is -0.734. The van der Waals surface area contributed by atoms with E-state index in [1.165, 1.54) is 0 Å². The van der Waals surface area contributed by atoms with Gasteiger partial charge in [-0.05, 0) is 41.8 Å². The van der Waals surface area contributed by atoms with Crippen molar-refractivity contribution in [1.82, 2.24) is 10.2 Å². The first kappa shape index (κ1) is 26.6. The van der Waals surface area contributed by atoms with Gasteiger partial charge in [0.15, 0.2) is 0 Å². The number of nitrogens with one attached hydrogen (secondary N) is 1. The van der Waals surface area contributed by atoms with E-state index in [2.05, 4.69) is 5.32 Å². The standard InChI is InChI=1S/C28H30Cl2N2O3/c1-3-16-31-28(34)26(17-20-8-5-4-6-9-20)32(19-23-24(29)10-7-11-25(23)30)27(33)18-21-12-14-22(35-2)15-13-21/h4-15,26H,3,16-19H2,1-2H3,(H,31,34)/t26-/m0/s1. The van der Waals surface area contributed by atoms with Crippen LogP contribution in [0.2, 0.25) is 10.0 Å². The van der Waals surface area contributed by atoms with E-state index in [0.717, 1.165) is 17.5 Å². The summed E-state index contributed by atoms with van der Waals surface area (Å²) in [5.74, 6) is 0.308. The fourth-order valence-electron chi connectivity index (χ4n) is 3.79. The van der Waals surface area contributed by atoms with Gasteiger partial charge in [-0.3, -0.25) is 9.59 Å². The third-order valence-corrected chi connectivity index (χ3v) is 6.43. The summed E-state index contributed by atoms with van der Waals surface area (Å²) < 4.78 is 5.22. The molecule has 0 unspecified atom stereocenters. The van der Waals surface area contributed by atoms with Crippen LogP contribution in [0.5, 0.6) is 5.75 Å². The smallest absolute Gasteiger partial charge is 0.243 e. The van der Waals surface area contributed by atoms with Crippen LogP contribution in [0.4, 0.5) is 0 Å². The first-order valence-electron chi connectivity index (χ1n) is 11.6. The highest BCUT2D eigenvalue weighted by atomic mass is 35.5. The van der Waals surface area contributed by atoms with Crippen LogP contribution in [0.3, 0.4) is 0 Å². The molecule has 1 atom stereocenters. The highest BCUT2D eigenvalue weighted by Gasteiger charge is 2.31. The molecule has 0 aromatic heterocycles. The first-order chi connectivity index (χ1) is 16.9. The molecule has 0 aliphatic heterocycles. The quantitative estimate of drug-likeness (QED) is 0.357. The van der Waals surface area contributed by atoms with Crippen LogP contribution >= 0.6 is 23.2 Å². The lowest BCUT2D eigenvalue weighted by Crippen LogP contribution is -2.51. The molecule has 0 saturated carbocycles. The molecule has 0 heterocycles. The first-order valence-corrected chi connectivity index (χ1v) is 12.4. The zero-order chi connectivity index (χ0) is 25.2. The number of rotatable bonds is 11. The molecule has 3 rings (SSSR count). The lowest BCUT2D eigenvalue weighted by Gasteiger charge is -2.32. The van der Waals surface area contributed by atoms with Crippen LogP contribution in [0, 0.1) is 0 Å². The second kappa shape index (κ2) is 13.2. The number of halogens is 2. The molecular formula is C28H30Cl2N2O3. The van der Waals surface area contributed by atoms with E-state index >= 15 is 0 Å². The van der Waals surface area contributed by atoms with Gasteiger partial charge in [0, 0.05) is 35.1 Å². The van der Waals surface area contributed by atoms with Crippen molar-refractivity contribution < 1.29 is 14.3 Å². The summed E-state index contributed by atoms with van der Waals surface area (Å²) in [4.78, 5) is 28.7. The summed E-state index contributed by atoms with van der Waals surface area (Å²) in [6, 6.07) is 21.5. The molecule has 35 heavy (non-hydrogen) atoms. The van der Waals surface area contributed by atoms with Gasteiger partial charge in [-0.15, -0.1) is 0 Å². The fourth-order valence-corrected chi connectivity index (χ4v) is 4.31. The van der Waals surface area contributed by atoms with Crippen LogP contribution in [-0.4, -0.2) is 36.4 Å². The number of carbonyl (C=O) groups excluding carboxylic acids is 2. The Labute approximate surface area is 217 Å². The fraction of sp³-hybridized carbons (Fsp3) is 0.286. The Kier molecular flexibility index (Phi) is 10.0. The van der Waals surface area contributed by atoms with Crippen LogP contribution in [0.1, 0.15) is 30.0 Å². The molecule has 2 amide bonds. The van der Waals surface area contributed by atoms with E-state index in [4.69, 9.17) is 27.9 Å². The van der Waals surface area contributed by atoms with Gasteiger partial charge < -0.3 is 15.0 Å². The van der Waals surface area contributed by atoms with Gasteiger partial charge in [0.1, 0.15) is 11.8 Å². The van der Waals surface area contributed by atoms with E-state index in [1.807, 2.05) is 61.5 Å². The van der Waals surface area contributed by atoms with Crippen molar-refractivity contribution in [2.45, 2.75) is 38.8 Å². The molecule has 5 nitrogen and oxygen atoms in total. The second-order valence-corrected chi connectivity index (χ2v) is 9.06. The summed E-state index contributed by atoms with van der Waals surface area (Å²) in [6.45, 7) is 2.63. The highest BCUT2D eigenvalue weighted by Crippen LogP contribution is 2.27. The van der Waals surface area contributed by atoms with Crippen molar-refractivity contribution in [3.8, 4) is 5.75 Å². The number of amides is 2. The number of benzene rings is 3. The number of hydrogen-bond acceptors (Lipinski definition) is 3. The highest BCUT2D eigenvalue weighted by molar-refractivity contribution is 6.36. The zero-order valence-corrected chi connectivity index (χ0v) is 21.5. The minimum absolute atomic E-state index is 0.116. The van der Waals surface area contributed by atoms with Crippen LogP contribution in [0.25, 0.3) is 0 Å².